The summed E-state index contributed by atoms with van der Waals surface area (Å²) in [5.74, 6) is 0.251. The molecule has 2 heteroatoms. The Morgan fingerprint density at radius 2 is 1.62 bits per heavy atom. The van der Waals surface area contributed by atoms with Gasteiger partial charge in [-0.25, -0.2) is 0 Å². The molecule has 0 aliphatic rings. The molecule has 94 valence electrons. The van der Waals surface area contributed by atoms with Crippen LogP contribution in [-0.4, -0.2) is 10.2 Å². The molecule has 0 aliphatic heterocycles. The molecule has 0 aromatic heterocycles. The Balaban J connectivity index is 3.37. The largest absolute Gasteiger partial charge is 0.294 e. The normalized spacial score (nSPS) is 11.8. The van der Waals surface area contributed by atoms with Gasteiger partial charge in [-0.3, -0.25) is 4.79 Å². The first-order chi connectivity index (χ1) is 7.70. The van der Waals surface area contributed by atoms with Crippen LogP contribution in [0.25, 0.3) is 0 Å². The minimum atomic E-state index is 0.251. The van der Waals surface area contributed by atoms with Crippen molar-refractivity contribution in [2.45, 2.75) is 65.2 Å². The molecule has 0 amide bonds. The summed E-state index contributed by atoms with van der Waals surface area (Å²) in [5.41, 5.74) is 1.25. The molecule has 0 heterocycles. The van der Waals surface area contributed by atoms with Crippen LogP contribution in [0.1, 0.15) is 65.2 Å². The summed E-state index contributed by atoms with van der Waals surface area (Å²) in [6.07, 6.45) is 12.3. The van der Waals surface area contributed by atoms with Crippen molar-refractivity contribution in [3.8, 4) is 0 Å². The Hall–Kier alpha value is 0.140. The van der Waals surface area contributed by atoms with Crippen LogP contribution in [0.2, 0.25) is 0 Å². The van der Waals surface area contributed by atoms with Crippen molar-refractivity contribution in [2.24, 2.45) is 0 Å². The molecule has 0 rings (SSSR count). The van der Waals surface area contributed by atoms with Crippen molar-refractivity contribution in [1.82, 2.24) is 0 Å². The van der Waals surface area contributed by atoms with Gasteiger partial charge in [-0.2, -0.15) is 0 Å². The van der Waals surface area contributed by atoms with Crippen LogP contribution in [0.5, 0.6) is 0 Å². The first kappa shape index (κ1) is 16.1. The van der Waals surface area contributed by atoms with E-state index in [1.807, 2.05) is 6.08 Å². The fourth-order valence-electron chi connectivity index (χ4n) is 1.75. The predicted molar refractivity (Wildman–Crippen MR) is 80.3 cm³/mol. The summed E-state index contributed by atoms with van der Waals surface area (Å²) >= 11 is 2.12. The van der Waals surface area contributed by atoms with Crippen molar-refractivity contribution in [3.05, 3.63) is 11.6 Å². The maximum atomic E-state index is 11.1. The van der Waals surface area contributed by atoms with Crippen LogP contribution in [-0.2, 0) is 4.79 Å². The summed E-state index contributed by atoms with van der Waals surface area (Å²) in [4.78, 5) is 11.1. The highest BCUT2D eigenvalue weighted by molar-refractivity contribution is 14.1. The average Bonchev–Trinajstić information content (AvgIpc) is 2.27. The van der Waals surface area contributed by atoms with Crippen LogP contribution in [0.15, 0.2) is 11.6 Å². The lowest BCUT2D eigenvalue weighted by atomic mass is 10.0. The van der Waals surface area contributed by atoms with E-state index in [1.165, 1.54) is 50.5 Å². The minimum absolute atomic E-state index is 0.251. The standard InChI is InChI=1S/C14H25IO/c1-3-4-5-6-7-8-9-10-13(2)11-14(16)12-15/h11H,3-10,12H2,1-2H3/b13-11+. The molecule has 0 aromatic rings. The number of carbonyl (C=O) groups excluding carboxylic acids is 1. The van der Waals surface area contributed by atoms with Crippen LogP contribution in [0.3, 0.4) is 0 Å². The molecule has 16 heavy (non-hydrogen) atoms. The lowest BCUT2D eigenvalue weighted by molar-refractivity contribution is -0.112. The van der Waals surface area contributed by atoms with Gasteiger partial charge in [-0.1, -0.05) is 73.6 Å². The molecule has 0 aromatic carbocycles. The number of rotatable bonds is 10. The van der Waals surface area contributed by atoms with Gasteiger partial charge in [0.1, 0.15) is 0 Å². The van der Waals surface area contributed by atoms with E-state index < -0.39 is 0 Å². The Labute approximate surface area is 114 Å². The second-order valence-electron chi connectivity index (χ2n) is 4.46. The number of carbonyl (C=O) groups is 1. The van der Waals surface area contributed by atoms with E-state index in [0.29, 0.717) is 4.43 Å². The fourth-order valence-corrected chi connectivity index (χ4v) is 1.97. The third-order valence-electron chi connectivity index (χ3n) is 2.71. The number of unbranched alkanes of at least 4 members (excludes halogenated alkanes) is 6. The minimum Gasteiger partial charge on any atom is -0.294 e. The fraction of sp³-hybridized carbons (Fsp3) is 0.786. The van der Waals surface area contributed by atoms with Crippen LogP contribution in [0, 0.1) is 0 Å². The third-order valence-corrected chi connectivity index (χ3v) is 3.47. The Kier molecular flexibility index (Phi) is 11.7. The molecule has 0 fully saturated rings. The summed E-state index contributed by atoms with van der Waals surface area (Å²) in [7, 11) is 0. The zero-order valence-electron chi connectivity index (χ0n) is 10.7. The molecular weight excluding hydrogens is 311 g/mol. The zero-order chi connectivity index (χ0) is 12.2. The number of allylic oxidation sites excluding steroid dienone is 2. The molecule has 0 saturated heterocycles. The first-order valence-electron chi connectivity index (χ1n) is 6.46. The average molecular weight is 336 g/mol. The van der Waals surface area contributed by atoms with Crippen molar-refractivity contribution < 1.29 is 4.79 Å². The second kappa shape index (κ2) is 11.6. The molecule has 0 unspecified atom stereocenters. The summed E-state index contributed by atoms with van der Waals surface area (Å²) < 4.78 is 0.603. The van der Waals surface area contributed by atoms with Crippen molar-refractivity contribution in [3.63, 3.8) is 0 Å². The second-order valence-corrected chi connectivity index (χ2v) is 5.22. The van der Waals surface area contributed by atoms with Gasteiger partial charge in [0, 0.05) is 0 Å². The van der Waals surface area contributed by atoms with Gasteiger partial charge >= 0.3 is 0 Å². The molecule has 0 spiro atoms. The number of hydrogen-bond acceptors (Lipinski definition) is 1. The Bertz CT molecular complexity index is 209. The van der Waals surface area contributed by atoms with E-state index in [2.05, 4.69) is 36.4 Å². The molecular formula is C14H25IO. The SMILES string of the molecule is CCCCCCCCC/C(C)=C/C(=O)CI. The number of ketones is 1. The molecule has 0 N–H and O–H groups in total. The lowest BCUT2D eigenvalue weighted by Crippen LogP contribution is -1.94. The maximum absolute atomic E-state index is 11.1. The van der Waals surface area contributed by atoms with Crippen LogP contribution in [0.4, 0.5) is 0 Å². The van der Waals surface area contributed by atoms with E-state index in [4.69, 9.17) is 0 Å². The summed E-state index contributed by atoms with van der Waals surface area (Å²) in [5, 5.41) is 0. The van der Waals surface area contributed by atoms with Crippen LogP contribution < -0.4 is 0 Å². The van der Waals surface area contributed by atoms with Gasteiger partial charge in [0.05, 0.1) is 4.43 Å². The molecule has 0 atom stereocenters. The highest BCUT2D eigenvalue weighted by Crippen LogP contribution is 2.12. The Morgan fingerprint density at radius 1 is 1.06 bits per heavy atom. The van der Waals surface area contributed by atoms with Crippen molar-refractivity contribution >= 4 is 28.4 Å². The van der Waals surface area contributed by atoms with Gasteiger partial charge in [0.2, 0.25) is 0 Å². The predicted octanol–water partition coefficient (Wildman–Crippen LogP) is 5.08. The maximum Gasteiger partial charge on any atom is 0.165 e. The molecule has 0 saturated carbocycles. The topological polar surface area (TPSA) is 17.1 Å². The monoisotopic (exact) mass is 336 g/mol. The third kappa shape index (κ3) is 10.7. The molecule has 1 nitrogen and oxygen atoms in total. The van der Waals surface area contributed by atoms with Gasteiger partial charge in [0.25, 0.3) is 0 Å². The van der Waals surface area contributed by atoms with E-state index in [-0.39, 0.29) is 5.78 Å². The van der Waals surface area contributed by atoms with E-state index in [0.717, 1.165) is 6.42 Å². The Morgan fingerprint density at radius 3 is 2.19 bits per heavy atom. The lowest BCUT2D eigenvalue weighted by Gasteiger charge is -2.02. The summed E-state index contributed by atoms with van der Waals surface area (Å²) in [6, 6.07) is 0. The van der Waals surface area contributed by atoms with Gasteiger partial charge in [-0.15, -0.1) is 0 Å². The molecule has 0 radical (unpaired) electrons. The van der Waals surface area contributed by atoms with E-state index in [1.54, 1.807) is 0 Å². The van der Waals surface area contributed by atoms with Crippen LogP contribution >= 0.6 is 22.6 Å². The van der Waals surface area contributed by atoms with Gasteiger partial charge in [0.15, 0.2) is 5.78 Å². The summed E-state index contributed by atoms with van der Waals surface area (Å²) in [6.45, 7) is 4.32. The molecule has 0 aliphatic carbocycles. The molecule has 0 bridgehead atoms. The van der Waals surface area contributed by atoms with Crippen molar-refractivity contribution in [1.29, 1.82) is 0 Å². The zero-order valence-corrected chi connectivity index (χ0v) is 12.9. The van der Waals surface area contributed by atoms with Crippen molar-refractivity contribution in [2.75, 3.05) is 4.43 Å². The van der Waals surface area contributed by atoms with E-state index in [9.17, 15) is 4.79 Å². The first-order valence-corrected chi connectivity index (χ1v) is 7.99. The van der Waals surface area contributed by atoms with Gasteiger partial charge in [-0.05, 0) is 25.8 Å². The number of alkyl halides is 1. The number of hydrogen-bond donors (Lipinski definition) is 0. The smallest absolute Gasteiger partial charge is 0.165 e. The van der Waals surface area contributed by atoms with E-state index >= 15 is 0 Å². The van der Waals surface area contributed by atoms with Gasteiger partial charge < -0.3 is 0 Å². The quantitative estimate of drug-likeness (QED) is 0.235. The number of halogens is 1. The highest BCUT2D eigenvalue weighted by atomic mass is 127. The highest BCUT2D eigenvalue weighted by Gasteiger charge is 1.96.